The highest BCUT2D eigenvalue weighted by Crippen LogP contribution is 2.32. The Morgan fingerprint density at radius 2 is 1.95 bits per heavy atom. The van der Waals surface area contributed by atoms with Gasteiger partial charge in [-0.1, -0.05) is 0 Å². The molecule has 5 nitrogen and oxygen atoms in total. The Morgan fingerprint density at radius 3 is 2.68 bits per heavy atom. The smallest absolute Gasteiger partial charge is 0.265 e. The summed E-state index contributed by atoms with van der Waals surface area (Å²) in [7, 11) is 0. The van der Waals surface area contributed by atoms with E-state index in [-0.39, 0.29) is 11.8 Å². The maximum atomic E-state index is 12.2. The monoisotopic (exact) mass is 408 g/mol. The van der Waals surface area contributed by atoms with Crippen LogP contribution in [0.25, 0.3) is 0 Å². The molecule has 0 saturated heterocycles. The minimum atomic E-state index is -0.514. The van der Waals surface area contributed by atoms with Crippen molar-refractivity contribution in [3.8, 4) is 5.75 Å². The van der Waals surface area contributed by atoms with E-state index in [1.54, 1.807) is 37.3 Å². The van der Waals surface area contributed by atoms with Gasteiger partial charge in [0, 0.05) is 14.8 Å². The lowest BCUT2D eigenvalue weighted by atomic mass is 10.2. The zero-order chi connectivity index (χ0) is 15.7. The van der Waals surface area contributed by atoms with Crippen LogP contribution < -0.4 is 15.4 Å². The largest absolute Gasteiger partial charge is 0.479 e. The van der Waals surface area contributed by atoms with Gasteiger partial charge in [-0.2, -0.15) is 0 Å². The van der Waals surface area contributed by atoms with E-state index in [0.717, 1.165) is 3.57 Å². The lowest BCUT2D eigenvalue weighted by Crippen LogP contribution is -2.34. The van der Waals surface area contributed by atoms with Crippen molar-refractivity contribution in [3.63, 3.8) is 0 Å². The molecular weight excluding hydrogens is 395 g/mol. The van der Waals surface area contributed by atoms with E-state index < -0.39 is 6.10 Å². The molecule has 3 rings (SSSR count). The number of rotatable bonds is 2. The van der Waals surface area contributed by atoms with E-state index in [4.69, 9.17) is 4.74 Å². The molecule has 2 aromatic rings. The number of hydrogen-bond acceptors (Lipinski definition) is 3. The van der Waals surface area contributed by atoms with Crippen LogP contribution in [0.15, 0.2) is 42.5 Å². The normalized spacial score (nSPS) is 16.3. The van der Waals surface area contributed by atoms with Crippen molar-refractivity contribution in [2.24, 2.45) is 0 Å². The molecule has 1 aliphatic heterocycles. The molecule has 0 spiro atoms. The highest BCUT2D eigenvalue weighted by Gasteiger charge is 2.23. The molecule has 1 heterocycles. The third kappa shape index (κ3) is 3.06. The highest BCUT2D eigenvalue weighted by atomic mass is 127. The first kappa shape index (κ1) is 14.8. The number of benzene rings is 2. The molecule has 112 valence electrons. The van der Waals surface area contributed by atoms with Crippen molar-refractivity contribution in [2.75, 3.05) is 10.6 Å². The van der Waals surface area contributed by atoms with Gasteiger partial charge in [0.2, 0.25) is 0 Å². The molecule has 1 atom stereocenters. The van der Waals surface area contributed by atoms with Gasteiger partial charge in [-0.25, -0.2) is 0 Å². The fourth-order valence-corrected chi connectivity index (χ4v) is 2.45. The van der Waals surface area contributed by atoms with Crippen molar-refractivity contribution in [3.05, 3.63) is 51.6 Å². The van der Waals surface area contributed by atoms with Crippen molar-refractivity contribution < 1.29 is 14.3 Å². The van der Waals surface area contributed by atoms with Gasteiger partial charge >= 0.3 is 0 Å². The summed E-state index contributed by atoms with van der Waals surface area (Å²) in [4.78, 5) is 23.8. The van der Waals surface area contributed by atoms with Crippen LogP contribution in [0.3, 0.4) is 0 Å². The van der Waals surface area contributed by atoms with E-state index in [0.29, 0.717) is 22.7 Å². The van der Waals surface area contributed by atoms with Crippen LogP contribution in [0.1, 0.15) is 17.3 Å². The van der Waals surface area contributed by atoms with Crippen molar-refractivity contribution in [2.45, 2.75) is 13.0 Å². The van der Waals surface area contributed by atoms with Crippen LogP contribution in [-0.4, -0.2) is 17.9 Å². The Morgan fingerprint density at radius 1 is 1.23 bits per heavy atom. The second-order valence-corrected chi connectivity index (χ2v) is 6.17. The number of ether oxygens (including phenoxy) is 1. The molecule has 1 aliphatic rings. The Balaban J connectivity index is 1.79. The van der Waals surface area contributed by atoms with Gasteiger partial charge < -0.3 is 15.4 Å². The predicted molar refractivity (Wildman–Crippen MR) is 92.3 cm³/mol. The molecule has 2 N–H and O–H groups in total. The van der Waals surface area contributed by atoms with Crippen LogP contribution in [0.4, 0.5) is 11.4 Å². The number of nitrogens with one attached hydrogen (secondary N) is 2. The van der Waals surface area contributed by atoms with E-state index in [1.807, 2.05) is 12.1 Å². The van der Waals surface area contributed by atoms with Gasteiger partial charge in [0.05, 0.1) is 5.69 Å². The number of hydrogen-bond donors (Lipinski definition) is 2. The Bertz CT molecular complexity index is 744. The van der Waals surface area contributed by atoms with Gasteiger partial charge in [0.1, 0.15) is 5.75 Å². The van der Waals surface area contributed by atoms with Gasteiger partial charge in [-0.15, -0.1) is 0 Å². The van der Waals surface area contributed by atoms with Gasteiger partial charge in [-0.3, -0.25) is 9.59 Å². The third-order valence-corrected chi connectivity index (χ3v) is 3.99. The summed E-state index contributed by atoms with van der Waals surface area (Å²) in [5.41, 5.74) is 1.73. The lowest BCUT2D eigenvalue weighted by molar-refractivity contribution is -0.122. The van der Waals surface area contributed by atoms with Crippen molar-refractivity contribution in [1.29, 1.82) is 0 Å². The summed E-state index contributed by atoms with van der Waals surface area (Å²) in [6.07, 6.45) is -0.514. The molecule has 6 heteroatoms. The fourth-order valence-electron chi connectivity index (χ4n) is 2.09. The van der Waals surface area contributed by atoms with Crippen LogP contribution in [0.2, 0.25) is 0 Å². The minimum Gasteiger partial charge on any atom is -0.479 e. The zero-order valence-electron chi connectivity index (χ0n) is 11.7. The van der Waals surface area contributed by atoms with Gasteiger partial charge in [-0.05, 0) is 72.0 Å². The third-order valence-electron chi connectivity index (χ3n) is 3.27. The molecule has 0 aromatic heterocycles. The van der Waals surface area contributed by atoms with Crippen LogP contribution in [-0.2, 0) is 4.79 Å². The summed E-state index contributed by atoms with van der Waals surface area (Å²) in [6, 6.07) is 12.4. The second-order valence-electron chi connectivity index (χ2n) is 4.92. The van der Waals surface area contributed by atoms with Crippen LogP contribution in [0, 0.1) is 3.57 Å². The Hall–Kier alpha value is -2.09. The maximum absolute atomic E-state index is 12.2. The quantitative estimate of drug-likeness (QED) is 0.750. The second kappa shape index (κ2) is 5.96. The first-order chi connectivity index (χ1) is 10.5. The Kier molecular flexibility index (Phi) is 4.02. The number of carbonyl (C=O) groups excluding carboxylic acids is 2. The Labute approximate surface area is 141 Å². The summed E-state index contributed by atoms with van der Waals surface area (Å²) in [5.74, 6) is 0.195. The number of anilines is 2. The average Bonchev–Trinajstić information content (AvgIpc) is 2.49. The summed E-state index contributed by atoms with van der Waals surface area (Å²) in [5, 5.41) is 5.56. The van der Waals surface area contributed by atoms with E-state index in [2.05, 4.69) is 33.2 Å². The number of carbonyl (C=O) groups is 2. The zero-order valence-corrected chi connectivity index (χ0v) is 13.9. The molecule has 2 aromatic carbocycles. The molecule has 0 radical (unpaired) electrons. The topological polar surface area (TPSA) is 67.4 Å². The van der Waals surface area contributed by atoms with E-state index in [1.165, 1.54) is 0 Å². The average molecular weight is 408 g/mol. The molecule has 0 bridgehead atoms. The van der Waals surface area contributed by atoms with Crippen molar-refractivity contribution >= 4 is 45.8 Å². The van der Waals surface area contributed by atoms with Gasteiger partial charge in [0.25, 0.3) is 11.8 Å². The minimum absolute atomic E-state index is 0.200. The number of fused-ring (bicyclic) bond motifs is 1. The summed E-state index contributed by atoms with van der Waals surface area (Å²) < 4.78 is 6.54. The van der Waals surface area contributed by atoms with Gasteiger partial charge in [0.15, 0.2) is 6.10 Å². The maximum Gasteiger partial charge on any atom is 0.265 e. The first-order valence-corrected chi connectivity index (χ1v) is 7.79. The number of halogens is 1. The SMILES string of the molecule is CC1Oc2ccc(NC(=O)c3ccc(I)cc3)cc2NC1=O. The molecule has 0 aliphatic carbocycles. The standard InChI is InChI=1S/C16H13IN2O3/c1-9-15(20)19-13-8-12(6-7-14(13)22-9)18-16(21)10-2-4-11(17)5-3-10/h2-9H,1H3,(H,18,21)(H,19,20). The van der Waals surface area contributed by atoms with E-state index >= 15 is 0 Å². The molecule has 22 heavy (non-hydrogen) atoms. The first-order valence-electron chi connectivity index (χ1n) is 6.71. The van der Waals surface area contributed by atoms with Crippen molar-refractivity contribution in [1.82, 2.24) is 0 Å². The number of amides is 2. The molecule has 0 fully saturated rings. The highest BCUT2D eigenvalue weighted by molar-refractivity contribution is 14.1. The lowest BCUT2D eigenvalue weighted by Gasteiger charge is -2.23. The van der Waals surface area contributed by atoms with E-state index in [9.17, 15) is 9.59 Å². The predicted octanol–water partition coefficient (Wildman–Crippen LogP) is 3.26. The molecule has 0 saturated carbocycles. The van der Waals surface area contributed by atoms with Crippen LogP contribution >= 0.6 is 22.6 Å². The molecular formula is C16H13IN2O3. The summed E-state index contributed by atoms with van der Waals surface area (Å²) in [6.45, 7) is 1.69. The molecule has 1 unspecified atom stereocenters. The fraction of sp³-hybridized carbons (Fsp3) is 0.125. The van der Waals surface area contributed by atoms with Crippen LogP contribution in [0.5, 0.6) is 5.75 Å². The summed E-state index contributed by atoms with van der Waals surface area (Å²) >= 11 is 2.18. The molecule has 2 amide bonds.